The third-order valence-electron chi connectivity index (χ3n) is 3.57. The number of para-hydroxylation sites is 1. The molecule has 0 fully saturated rings. The first kappa shape index (κ1) is 14.1. The van der Waals surface area contributed by atoms with E-state index in [1.54, 1.807) is 17.0 Å². The van der Waals surface area contributed by atoms with Crippen LogP contribution in [0.3, 0.4) is 0 Å². The second-order valence-electron chi connectivity index (χ2n) is 5.14. The maximum absolute atomic E-state index is 12.8. The van der Waals surface area contributed by atoms with E-state index < -0.39 is 0 Å². The molecule has 22 heavy (non-hydrogen) atoms. The van der Waals surface area contributed by atoms with Crippen LogP contribution in [0.25, 0.3) is 0 Å². The zero-order chi connectivity index (χ0) is 15.4. The van der Waals surface area contributed by atoms with E-state index in [9.17, 15) is 4.79 Å². The fourth-order valence-corrected chi connectivity index (χ4v) is 2.43. The van der Waals surface area contributed by atoms with E-state index in [2.05, 4.69) is 0 Å². The maximum atomic E-state index is 12.8. The average Bonchev–Trinajstić information content (AvgIpc) is 3.08. The molecule has 3 nitrogen and oxygen atoms in total. The second kappa shape index (κ2) is 6.31. The van der Waals surface area contributed by atoms with Crippen LogP contribution >= 0.6 is 0 Å². The molecule has 110 valence electrons. The Labute approximate surface area is 129 Å². The zero-order valence-electron chi connectivity index (χ0n) is 12.4. The van der Waals surface area contributed by atoms with Gasteiger partial charge in [-0.2, -0.15) is 0 Å². The van der Waals surface area contributed by atoms with E-state index >= 15 is 0 Å². The molecule has 3 aromatic rings. The van der Waals surface area contributed by atoms with Crippen LogP contribution in [0.15, 0.2) is 77.4 Å². The van der Waals surface area contributed by atoms with Crippen molar-refractivity contribution < 1.29 is 9.21 Å². The summed E-state index contributed by atoms with van der Waals surface area (Å²) in [5.41, 5.74) is 3.02. The average molecular weight is 291 g/mol. The van der Waals surface area contributed by atoms with Gasteiger partial charge in [-0.15, -0.1) is 0 Å². The number of carbonyl (C=O) groups excluding carboxylic acids is 1. The van der Waals surface area contributed by atoms with Gasteiger partial charge < -0.3 is 9.32 Å². The number of hydrogen-bond donors (Lipinski definition) is 0. The molecule has 2 aromatic carbocycles. The van der Waals surface area contributed by atoms with E-state index in [-0.39, 0.29) is 5.91 Å². The van der Waals surface area contributed by atoms with Gasteiger partial charge in [-0.05, 0) is 36.2 Å². The largest absolute Gasteiger partial charge is 0.459 e. The summed E-state index contributed by atoms with van der Waals surface area (Å²) in [4.78, 5) is 14.5. The minimum Gasteiger partial charge on any atom is -0.459 e. The van der Waals surface area contributed by atoms with Gasteiger partial charge in [0.2, 0.25) is 0 Å². The van der Waals surface area contributed by atoms with Gasteiger partial charge in [-0.25, -0.2) is 0 Å². The predicted octanol–water partition coefficient (Wildman–Crippen LogP) is 4.44. The molecule has 0 bridgehead atoms. The van der Waals surface area contributed by atoms with Gasteiger partial charge in [-0.1, -0.05) is 48.5 Å². The van der Waals surface area contributed by atoms with Crippen molar-refractivity contribution in [1.29, 1.82) is 0 Å². The molecule has 1 heterocycles. The molecule has 0 aliphatic heterocycles. The summed E-state index contributed by atoms with van der Waals surface area (Å²) < 4.78 is 5.28. The van der Waals surface area contributed by atoms with Crippen LogP contribution in [0.2, 0.25) is 0 Å². The number of nitrogens with zero attached hydrogens (tertiary/aromatic N) is 1. The Hall–Kier alpha value is -2.81. The van der Waals surface area contributed by atoms with Gasteiger partial charge in [0.15, 0.2) is 5.76 Å². The molecule has 0 aliphatic carbocycles. The minimum absolute atomic E-state index is 0.136. The quantitative estimate of drug-likeness (QED) is 0.712. The summed E-state index contributed by atoms with van der Waals surface area (Å²) >= 11 is 0. The van der Waals surface area contributed by atoms with Gasteiger partial charge in [0, 0.05) is 5.69 Å². The van der Waals surface area contributed by atoms with E-state index in [4.69, 9.17) is 4.42 Å². The number of carbonyl (C=O) groups is 1. The molecule has 0 saturated heterocycles. The van der Waals surface area contributed by atoms with Crippen molar-refractivity contribution >= 4 is 11.6 Å². The molecule has 0 N–H and O–H groups in total. The monoisotopic (exact) mass is 291 g/mol. The van der Waals surface area contributed by atoms with Gasteiger partial charge in [0.1, 0.15) is 0 Å². The lowest BCUT2D eigenvalue weighted by atomic mass is 10.1. The topological polar surface area (TPSA) is 33.5 Å². The molecule has 0 unspecified atom stereocenters. The van der Waals surface area contributed by atoms with E-state index in [0.29, 0.717) is 12.3 Å². The standard InChI is InChI=1S/C19H17NO2/c1-15-8-5-6-11-17(15)20(14-16-9-3-2-4-10-16)19(21)18-12-7-13-22-18/h2-13H,14H2,1H3. The normalized spacial score (nSPS) is 10.4. The number of amides is 1. The van der Waals surface area contributed by atoms with Crippen LogP contribution in [0.4, 0.5) is 5.69 Å². The fourth-order valence-electron chi connectivity index (χ4n) is 2.43. The molecule has 0 spiro atoms. The molecule has 3 rings (SSSR count). The number of aryl methyl sites for hydroxylation is 1. The van der Waals surface area contributed by atoms with E-state index in [1.165, 1.54) is 6.26 Å². The summed E-state index contributed by atoms with van der Waals surface area (Å²) in [6, 6.07) is 21.2. The SMILES string of the molecule is Cc1ccccc1N(Cc1ccccc1)C(=O)c1ccco1. The van der Waals surface area contributed by atoms with Crippen molar-refractivity contribution in [2.75, 3.05) is 4.90 Å². The van der Waals surface area contributed by atoms with Crippen LogP contribution in [0.1, 0.15) is 21.7 Å². The second-order valence-corrected chi connectivity index (χ2v) is 5.14. The first-order valence-electron chi connectivity index (χ1n) is 7.20. The zero-order valence-corrected chi connectivity index (χ0v) is 12.4. The van der Waals surface area contributed by atoms with Crippen molar-refractivity contribution in [2.24, 2.45) is 0 Å². The van der Waals surface area contributed by atoms with Gasteiger partial charge in [-0.3, -0.25) is 4.79 Å². The Morgan fingerprint density at radius 1 is 0.955 bits per heavy atom. The van der Waals surface area contributed by atoms with E-state index in [0.717, 1.165) is 16.8 Å². The molecule has 0 atom stereocenters. The van der Waals surface area contributed by atoms with Crippen molar-refractivity contribution in [2.45, 2.75) is 13.5 Å². The van der Waals surface area contributed by atoms with Crippen LogP contribution in [0.5, 0.6) is 0 Å². The summed E-state index contributed by atoms with van der Waals surface area (Å²) in [6.45, 7) is 2.51. The lowest BCUT2D eigenvalue weighted by molar-refractivity contribution is 0.0958. The minimum atomic E-state index is -0.136. The maximum Gasteiger partial charge on any atom is 0.294 e. The molecule has 0 aliphatic rings. The summed E-state index contributed by atoms with van der Waals surface area (Å²) in [7, 11) is 0. The first-order chi connectivity index (χ1) is 10.8. The highest BCUT2D eigenvalue weighted by Gasteiger charge is 2.21. The molecular weight excluding hydrogens is 274 g/mol. The number of furan rings is 1. The highest BCUT2D eigenvalue weighted by atomic mass is 16.3. The Balaban J connectivity index is 1.99. The smallest absolute Gasteiger partial charge is 0.294 e. The highest BCUT2D eigenvalue weighted by Crippen LogP contribution is 2.24. The lowest BCUT2D eigenvalue weighted by Crippen LogP contribution is -2.30. The first-order valence-corrected chi connectivity index (χ1v) is 7.20. The highest BCUT2D eigenvalue weighted by molar-refractivity contribution is 6.04. The van der Waals surface area contributed by atoms with Gasteiger partial charge in [0.25, 0.3) is 5.91 Å². The third kappa shape index (κ3) is 2.93. The van der Waals surface area contributed by atoms with E-state index in [1.807, 2.05) is 61.5 Å². The molecule has 1 aromatic heterocycles. The molecule has 0 saturated carbocycles. The Morgan fingerprint density at radius 2 is 1.68 bits per heavy atom. The van der Waals surface area contributed by atoms with Crippen LogP contribution in [-0.2, 0) is 6.54 Å². The van der Waals surface area contributed by atoms with Crippen LogP contribution < -0.4 is 4.90 Å². The van der Waals surface area contributed by atoms with Gasteiger partial charge in [0.05, 0.1) is 12.8 Å². The third-order valence-corrected chi connectivity index (χ3v) is 3.57. The van der Waals surface area contributed by atoms with Crippen molar-refractivity contribution in [3.63, 3.8) is 0 Å². The van der Waals surface area contributed by atoms with Crippen LogP contribution in [0, 0.1) is 6.92 Å². The van der Waals surface area contributed by atoms with Crippen molar-refractivity contribution in [1.82, 2.24) is 0 Å². The Bertz CT molecular complexity index is 748. The summed E-state index contributed by atoms with van der Waals surface area (Å²) in [6.07, 6.45) is 1.52. The molecular formula is C19H17NO2. The number of hydrogen-bond acceptors (Lipinski definition) is 2. The van der Waals surface area contributed by atoms with Crippen LogP contribution in [-0.4, -0.2) is 5.91 Å². The lowest BCUT2D eigenvalue weighted by Gasteiger charge is -2.23. The Morgan fingerprint density at radius 3 is 2.36 bits per heavy atom. The molecule has 3 heteroatoms. The number of rotatable bonds is 4. The fraction of sp³-hybridized carbons (Fsp3) is 0.105. The van der Waals surface area contributed by atoms with Crippen molar-refractivity contribution in [3.05, 3.63) is 89.9 Å². The number of benzene rings is 2. The summed E-state index contributed by atoms with van der Waals surface area (Å²) in [5, 5.41) is 0. The number of anilines is 1. The molecule has 0 radical (unpaired) electrons. The molecule has 1 amide bonds. The summed E-state index contributed by atoms with van der Waals surface area (Å²) in [5.74, 6) is 0.210. The predicted molar refractivity (Wildman–Crippen MR) is 86.8 cm³/mol. The van der Waals surface area contributed by atoms with Gasteiger partial charge >= 0.3 is 0 Å². The Kier molecular flexibility index (Phi) is 4.05. The van der Waals surface area contributed by atoms with Crippen molar-refractivity contribution in [3.8, 4) is 0 Å².